The van der Waals surface area contributed by atoms with Crippen LogP contribution in [0.4, 0.5) is 4.39 Å². The van der Waals surface area contributed by atoms with Gasteiger partial charge in [-0.05, 0) is 6.07 Å². The molecule has 1 fully saturated rings. The Bertz CT molecular complexity index is 379. The molecule has 1 saturated heterocycles. The van der Waals surface area contributed by atoms with Gasteiger partial charge in [-0.2, -0.15) is 10.4 Å². The van der Waals surface area contributed by atoms with E-state index in [1.165, 1.54) is 4.68 Å². The van der Waals surface area contributed by atoms with Crippen LogP contribution in [0, 0.1) is 11.3 Å². The van der Waals surface area contributed by atoms with Crippen molar-refractivity contribution in [2.24, 2.45) is 7.05 Å². The Morgan fingerprint density at radius 3 is 3.07 bits per heavy atom. The largest absolute Gasteiger partial charge is 0.306 e. The highest BCUT2D eigenvalue weighted by Crippen LogP contribution is 2.24. The minimum Gasteiger partial charge on any atom is -0.306 e. The minimum absolute atomic E-state index is 0.0432. The molecule has 0 amide bonds. The highest BCUT2D eigenvalue weighted by molar-refractivity contribution is 5.25. The van der Waals surface area contributed by atoms with E-state index in [-0.39, 0.29) is 6.04 Å². The van der Waals surface area contributed by atoms with Gasteiger partial charge in [0.05, 0.1) is 11.7 Å². The van der Waals surface area contributed by atoms with E-state index in [4.69, 9.17) is 5.26 Å². The smallest absolute Gasteiger partial charge is 0.138 e. The fraction of sp³-hybridized carbons (Fsp3) is 0.556. The van der Waals surface area contributed by atoms with E-state index < -0.39 is 6.17 Å². The van der Waals surface area contributed by atoms with Gasteiger partial charge in [0.2, 0.25) is 0 Å². The molecular weight excluding hydrogens is 183 g/mol. The fourth-order valence-corrected chi connectivity index (χ4v) is 1.68. The summed E-state index contributed by atoms with van der Waals surface area (Å²) < 4.78 is 14.4. The first-order valence-corrected chi connectivity index (χ1v) is 4.52. The number of hydrogen-bond donors (Lipinski definition) is 1. The lowest BCUT2D eigenvalue weighted by Crippen LogP contribution is -2.14. The Morgan fingerprint density at radius 2 is 2.57 bits per heavy atom. The molecule has 14 heavy (non-hydrogen) atoms. The van der Waals surface area contributed by atoms with Crippen molar-refractivity contribution in [2.45, 2.75) is 18.6 Å². The maximum atomic E-state index is 12.9. The van der Waals surface area contributed by atoms with Crippen LogP contribution < -0.4 is 5.32 Å². The van der Waals surface area contributed by atoms with Crippen molar-refractivity contribution in [3.8, 4) is 6.07 Å². The fourth-order valence-electron chi connectivity index (χ4n) is 1.68. The Hall–Kier alpha value is -1.41. The van der Waals surface area contributed by atoms with Gasteiger partial charge in [0.1, 0.15) is 17.9 Å². The van der Waals surface area contributed by atoms with Crippen LogP contribution in [-0.2, 0) is 7.05 Å². The second-order valence-electron chi connectivity index (χ2n) is 3.48. The van der Waals surface area contributed by atoms with E-state index in [0.717, 1.165) is 5.69 Å². The Balaban J connectivity index is 2.21. The van der Waals surface area contributed by atoms with Gasteiger partial charge in [-0.3, -0.25) is 4.68 Å². The number of nitriles is 1. The zero-order valence-corrected chi connectivity index (χ0v) is 7.87. The maximum absolute atomic E-state index is 12.9. The molecule has 2 unspecified atom stereocenters. The van der Waals surface area contributed by atoms with Gasteiger partial charge in [0, 0.05) is 20.0 Å². The molecule has 0 aromatic carbocycles. The normalized spacial score (nSPS) is 26.4. The van der Waals surface area contributed by atoms with Gasteiger partial charge in [0.15, 0.2) is 0 Å². The number of rotatable bonds is 1. The van der Waals surface area contributed by atoms with Gasteiger partial charge in [-0.25, -0.2) is 4.39 Å². The molecule has 5 heteroatoms. The average Bonchev–Trinajstić information content (AvgIpc) is 2.71. The molecule has 0 saturated carbocycles. The first kappa shape index (κ1) is 9.16. The molecule has 0 radical (unpaired) electrons. The van der Waals surface area contributed by atoms with Gasteiger partial charge in [-0.15, -0.1) is 0 Å². The van der Waals surface area contributed by atoms with Crippen molar-refractivity contribution in [2.75, 3.05) is 6.54 Å². The van der Waals surface area contributed by atoms with E-state index in [1.807, 2.05) is 6.07 Å². The van der Waals surface area contributed by atoms with E-state index in [0.29, 0.717) is 18.7 Å². The summed E-state index contributed by atoms with van der Waals surface area (Å²) in [4.78, 5) is 0. The molecule has 4 nitrogen and oxygen atoms in total. The zero-order chi connectivity index (χ0) is 10.1. The zero-order valence-electron chi connectivity index (χ0n) is 7.87. The number of halogens is 1. The van der Waals surface area contributed by atoms with Crippen molar-refractivity contribution in [1.29, 1.82) is 5.26 Å². The molecule has 1 aromatic heterocycles. The van der Waals surface area contributed by atoms with Gasteiger partial charge >= 0.3 is 0 Å². The highest BCUT2D eigenvalue weighted by atomic mass is 19.1. The lowest BCUT2D eigenvalue weighted by atomic mass is 10.1. The third-order valence-corrected chi connectivity index (χ3v) is 2.45. The number of alkyl halides is 1. The Morgan fingerprint density at radius 1 is 1.79 bits per heavy atom. The van der Waals surface area contributed by atoms with Crippen LogP contribution in [0.5, 0.6) is 0 Å². The van der Waals surface area contributed by atoms with E-state index >= 15 is 0 Å². The molecule has 1 aromatic rings. The lowest BCUT2D eigenvalue weighted by Gasteiger charge is -2.04. The SMILES string of the molecule is Cn1nc(C2CC(F)CN2)cc1C#N. The average molecular weight is 194 g/mol. The standard InChI is InChI=1S/C9H11FN4/c1-14-7(4-11)3-9(13-14)8-2-6(10)5-12-8/h3,6,8,12H,2,5H2,1H3. The third-order valence-electron chi connectivity index (χ3n) is 2.45. The summed E-state index contributed by atoms with van der Waals surface area (Å²) >= 11 is 0. The number of hydrogen-bond acceptors (Lipinski definition) is 3. The van der Waals surface area contributed by atoms with E-state index in [1.54, 1.807) is 13.1 Å². The van der Waals surface area contributed by atoms with Crippen LogP contribution in [-0.4, -0.2) is 22.5 Å². The quantitative estimate of drug-likeness (QED) is 0.714. The maximum Gasteiger partial charge on any atom is 0.138 e. The molecule has 1 N–H and O–H groups in total. The van der Waals surface area contributed by atoms with Crippen LogP contribution in [0.25, 0.3) is 0 Å². The third kappa shape index (κ3) is 1.49. The van der Waals surface area contributed by atoms with E-state index in [9.17, 15) is 4.39 Å². The van der Waals surface area contributed by atoms with Crippen LogP contribution >= 0.6 is 0 Å². The summed E-state index contributed by atoms with van der Waals surface area (Å²) in [6.07, 6.45) is -0.352. The van der Waals surface area contributed by atoms with Crippen LogP contribution in [0.15, 0.2) is 6.07 Å². The molecule has 2 rings (SSSR count). The summed E-state index contributed by atoms with van der Waals surface area (Å²) in [5.74, 6) is 0. The number of nitrogens with one attached hydrogen (secondary N) is 1. The van der Waals surface area contributed by atoms with Crippen molar-refractivity contribution in [1.82, 2.24) is 15.1 Å². The molecule has 74 valence electrons. The van der Waals surface area contributed by atoms with Crippen molar-refractivity contribution < 1.29 is 4.39 Å². The summed E-state index contributed by atoms with van der Waals surface area (Å²) in [7, 11) is 1.71. The van der Waals surface area contributed by atoms with Crippen molar-refractivity contribution in [3.63, 3.8) is 0 Å². The highest BCUT2D eigenvalue weighted by Gasteiger charge is 2.27. The predicted octanol–water partition coefficient (Wildman–Crippen LogP) is 0.664. The van der Waals surface area contributed by atoms with Crippen molar-refractivity contribution in [3.05, 3.63) is 17.5 Å². The summed E-state index contributed by atoms with van der Waals surface area (Å²) in [6, 6.07) is 3.69. The van der Waals surface area contributed by atoms with Crippen molar-refractivity contribution >= 4 is 0 Å². The topological polar surface area (TPSA) is 53.6 Å². The Kier molecular flexibility index (Phi) is 2.22. The molecule has 1 aliphatic heterocycles. The predicted molar refractivity (Wildman–Crippen MR) is 48.2 cm³/mol. The molecule has 0 bridgehead atoms. The summed E-state index contributed by atoms with van der Waals surface area (Å²) in [6.45, 7) is 0.378. The first-order chi connectivity index (χ1) is 6.70. The molecule has 1 aliphatic rings. The van der Waals surface area contributed by atoms with Crippen LogP contribution in [0.1, 0.15) is 23.9 Å². The van der Waals surface area contributed by atoms with E-state index in [2.05, 4.69) is 10.4 Å². The van der Waals surface area contributed by atoms with Gasteiger partial charge in [0.25, 0.3) is 0 Å². The molecular formula is C9H11FN4. The molecule has 2 atom stereocenters. The monoisotopic (exact) mass is 194 g/mol. The summed E-state index contributed by atoms with van der Waals surface area (Å²) in [5, 5.41) is 15.9. The molecule has 0 aliphatic carbocycles. The second kappa shape index (κ2) is 3.39. The minimum atomic E-state index is -0.799. The first-order valence-electron chi connectivity index (χ1n) is 4.52. The number of nitrogens with zero attached hydrogens (tertiary/aromatic N) is 3. The summed E-state index contributed by atoms with van der Waals surface area (Å²) in [5.41, 5.74) is 1.26. The second-order valence-corrected chi connectivity index (χ2v) is 3.48. The Labute approximate surface area is 81.3 Å². The lowest BCUT2D eigenvalue weighted by molar-refractivity contribution is 0.355. The van der Waals surface area contributed by atoms with Gasteiger partial charge < -0.3 is 5.32 Å². The van der Waals surface area contributed by atoms with Crippen LogP contribution in [0.2, 0.25) is 0 Å². The number of aromatic nitrogens is 2. The number of aryl methyl sites for hydroxylation is 1. The molecule has 0 spiro atoms. The van der Waals surface area contributed by atoms with Crippen LogP contribution in [0.3, 0.4) is 0 Å². The molecule has 2 heterocycles. The van der Waals surface area contributed by atoms with Gasteiger partial charge in [-0.1, -0.05) is 0 Å².